The van der Waals surface area contributed by atoms with Crippen LogP contribution in [0.3, 0.4) is 0 Å². The Labute approximate surface area is 132 Å². The molecule has 21 heavy (non-hydrogen) atoms. The normalized spacial score (nSPS) is 11.8. The van der Waals surface area contributed by atoms with E-state index in [0.29, 0.717) is 11.8 Å². The van der Waals surface area contributed by atoms with Crippen LogP contribution in [0.2, 0.25) is 0 Å². The van der Waals surface area contributed by atoms with Gasteiger partial charge >= 0.3 is 12.0 Å². The highest BCUT2D eigenvalue weighted by atomic mass is 79.9. The maximum atomic E-state index is 13.5. The molecule has 5 nitrogen and oxygen atoms in total. The van der Waals surface area contributed by atoms with E-state index in [1.807, 2.05) is 6.26 Å². The lowest BCUT2D eigenvalue weighted by Crippen LogP contribution is -2.43. The zero-order chi connectivity index (χ0) is 16.0. The van der Waals surface area contributed by atoms with E-state index in [4.69, 9.17) is 5.11 Å². The molecule has 2 amide bonds. The number of hydrogen-bond donors (Lipinski definition) is 3. The minimum absolute atomic E-state index is 0.0173. The Balaban J connectivity index is 2.72. The summed E-state index contributed by atoms with van der Waals surface area (Å²) in [6.07, 6.45) is 2.05. The summed E-state index contributed by atoms with van der Waals surface area (Å²) in [5.41, 5.74) is -0.255. The van der Waals surface area contributed by atoms with Crippen molar-refractivity contribution in [2.75, 3.05) is 17.3 Å². The average molecular weight is 383 g/mol. The van der Waals surface area contributed by atoms with Gasteiger partial charge in [0.1, 0.15) is 17.7 Å². The van der Waals surface area contributed by atoms with Crippen molar-refractivity contribution in [1.29, 1.82) is 0 Å². The van der Waals surface area contributed by atoms with Crippen molar-refractivity contribution < 1.29 is 23.5 Å². The molecular weight excluding hydrogens is 370 g/mol. The van der Waals surface area contributed by atoms with Crippen LogP contribution in [0.1, 0.15) is 6.42 Å². The predicted molar refractivity (Wildman–Crippen MR) is 80.6 cm³/mol. The number of aliphatic carboxylic acids is 1. The first-order valence-electron chi connectivity index (χ1n) is 5.79. The van der Waals surface area contributed by atoms with E-state index in [9.17, 15) is 18.4 Å². The van der Waals surface area contributed by atoms with Crippen LogP contribution in [-0.2, 0) is 4.79 Å². The molecule has 0 unspecified atom stereocenters. The van der Waals surface area contributed by atoms with Gasteiger partial charge < -0.3 is 15.7 Å². The first-order chi connectivity index (χ1) is 9.85. The summed E-state index contributed by atoms with van der Waals surface area (Å²) in [4.78, 5) is 22.6. The maximum Gasteiger partial charge on any atom is 0.326 e. The quantitative estimate of drug-likeness (QED) is 0.660. The van der Waals surface area contributed by atoms with Gasteiger partial charge in [0.05, 0.1) is 10.2 Å². The Morgan fingerprint density at radius 3 is 2.62 bits per heavy atom. The van der Waals surface area contributed by atoms with Crippen molar-refractivity contribution in [3.8, 4) is 0 Å². The van der Waals surface area contributed by atoms with Gasteiger partial charge in [-0.2, -0.15) is 11.8 Å². The van der Waals surface area contributed by atoms with Crippen LogP contribution in [0.15, 0.2) is 16.6 Å². The monoisotopic (exact) mass is 382 g/mol. The number of rotatable bonds is 6. The number of halogens is 3. The van der Waals surface area contributed by atoms with Gasteiger partial charge in [-0.1, -0.05) is 0 Å². The van der Waals surface area contributed by atoms with Gasteiger partial charge in [-0.15, -0.1) is 0 Å². The van der Waals surface area contributed by atoms with Crippen molar-refractivity contribution in [2.24, 2.45) is 0 Å². The van der Waals surface area contributed by atoms with Crippen LogP contribution >= 0.6 is 27.7 Å². The van der Waals surface area contributed by atoms with Gasteiger partial charge in [-0.3, -0.25) is 0 Å². The number of carbonyl (C=O) groups excluding carboxylic acids is 1. The van der Waals surface area contributed by atoms with E-state index in [1.54, 1.807) is 0 Å². The van der Waals surface area contributed by atoms with Crippen LogP contribution < -0.4 is 10.6 Å². The van der Waals surface area contributed by atoms with Crippen LogP contribution in [0.5, 0.6) is 0 Å². The maximum absolute atomic E-state index is 13.5. The van der Waals surface area contributed by atoms with Crippen molar-refractivity contribution >= 4 is 45.4 Å². The molecule has 0 spiro atoms. The zero-order valence-electron chi connectivity index (χ0n) is 11.0. The Morgan fingerprint density at radius 1 is 1.38 bits per heavy atom. The second-order valence-corrected chi connectivity index (χ2v) is 5.86. The van der Waals surface area contributed by atoms with Crippen LogP contribution in [0, 0.1) is 11.6 Å². The third-order valence-corrected chi connectivity index (χ3v) is 3.72. The minimum Gasteiger partial charge on any atom is -0.480 e. The number of anilines is 1. The molecule has 1 aromatic rings. The van der Waals surface area contributed by atoms with Gasteiger partial charge in [0.2, 0.25) is 0 Å². The summed E-state index contributed by atoms with van der Waals surface area (Å²) in [7, 11) is 0. The van der Waals surface area contributed by atoms with E-state index in [1.165, 1.54) is 11.8 Å². The van der Waals surface area contributed by atoms with E-state index in [0.717, 1.165) is 6.07 Å². The first-order valence-corrected chi connectivity index (χ1v) is 7.97. The van der Waals surface area contributed by atoms with Gasteiger partial charge in [-0.05, 0) is 40.4 Å². The number of nitrogens with one attached hydrogen (secondary N) is 2. The van der Waals surface area contributed by atoms with Crippen LogP contribution in [-0.4, -0.2) is 35.2 Å². The van der Waals surface area contributed by atoms with Gasteiger partial charge in [-0.25, -0.2) is 18.4 Å². The molecular formula is C12H13BrF2N2O3S. The topological polar surface area (TPSA) is 78.4 Å². The largest absolute Gasteiger partial charge is 0.480 e. The van der Waals surface area contributed by atoms with Crippen LogP contribution in [0.25, 0.3) is 0 Å². The first kappa shape index (κ1) is 17.7. The summed E-state index contributed by atoms with van der Waals surface area (Å²) >= 11 is 4.31. The highest BCUT2D eigenvalue weighted by Gasteiger charge is 2.20. The molecule has 3 N–H and O–H groups in total. The molecule has 0 aliphatic carbocycles. The molecule has 0 saturated carbocycles. The molecule has 0 heterocycles. The lowest BCUT2D eigenvalue weighted by molar-refractivity contribution is -0.139. The predicted octanol–water partition coefficient (Wildman–Crippen LogP) is 3.06. The van der Waals surface area contributed by atoms with E-state index in [2.05, 4.69) is 26.6 Å². The Kier molecular flexibility index (Phi) is 6.90. The highest BCUT2D eigenvalue weighted by Crippen LogP contribution is 2.23. The van der Waals surface area contributed by atoms with E-state index in [-0.39, 0.29) is 16.6 Å². The number of thioether (sulfide) groups is 1. The summed E-state index contributed by atoms with van der Waals surface area (Å²) in [6.45, 7) is 0. The van der Waals surface area contributed by atoms with E-state index < -0.39 is 29.7 Å². The molecule has 0 fully saturated rings. The molecule has 0 bridgehead atoms. The minimum atomic E-state index is -1.18. The SMILES string of the molecule is CSCC[C@@H](NC(=O)Nc1cc(Br)c(F)cc1F)C(=O)O. The Morgan fingerprint density at radius 2 is 2.05 bits per heavy atom. The Hall–Kier alpha value is -1.35. The van der Waals surface area contributed by atoms with Crippen LogP contribution in [0.4, 0.5) is 19.3 Å². The number of urea groups is 1. The second kappa shape index (κ2) is 8.18. The molecule has 1 atom stereocenters. The number of benzene rings is 1. The van der Waals surface area contributed by atoms with Gasteiger partial charge in [0.25, 0.3) is 0 Å². The number of carboxylic acids is 1. The molecule has 0 aliphatic rings. The van der Waals surface area contributed by atoms with Crippen molar-refractivity contribution in [2.45, 2.75) is 12.5 Å². The third kappa shape index (κ3) is 5.50. The number of carbonyl (C=O) groups is 2. The fourth-order valence-corrected chi connectivity index (χ4v) is 2.24. The lowest BCUT2D eigenvalue weighted by atomic mass is 10.2. The lowest BCUT2D eigenvalue weighted by Gasteiger charge is -2.15. The fraction of sp³-hybridized carbons (Fsp3) is 0.333. The summed E-state index contributed by atoms with van der Waals surface area (Å²) in [5.74, 6) is -2.39. The summed E-state index contributed by atoms with van der Waals surface area (Å²) in [6, 6.07) is -0.283. The van der Waals surface area contributed by atoms with Crippen molar-refractivity contribution in [3.63, 3.8) is 0 Å². The fourth-order valence-electron chi connectivity index (χ4n) is 1.43. The van der Waals surface area contributed by atoms with Gasteiger partial charge in [0.15, 0.2) is 0 Å². The summed E-state index contributed by atoms with van der Waals surface area (Å²) < 4.78 is 26.5. The molecule has 1 rings (SSSR count). The highest BCUT2D eigenvalue weighted by molar-refractivity contribution is 9.10. The molecule has 0 aliphatic heterocycles. The number of hydrogen-bond acceptors (Lipinski definition) is 3. The second-order valence-electron chi connectivity index (χ2n) is 4.02. The Bertz CT molecular complexity index is 545. The standard InChI is InChI=1S/C12H13BrF2N2O3S/c1-21-3-2-9(11(18)19)16-12(20)17-10-4-6(13)7(14)5-8(10)15/h4-5,9H,2-3H2,1H3,(H,18,19)(H2,16,17,20)/t9-/m1/s1. The van der Waals surface area contributed by atoms with Crippen molar-refractivity contribution in [1.82, 2.24) is 5.32 Å². The summed E-state index contributed by atoms with van der Waals surface area (Å²) in [5, 5.41) is 13.3. The molecule has 0 aromatic heterocycles. The molecule has 9 heteroatoms. The molecule has 0 saturated heterocycles. The third-order valence-electron chi connectivity index (χ3n) is 2.47. The zero-order valence-corrected chi connectivity index (χ0v) is 13.4. The number of carboxylic acid groups (broad SMARTS) is 1. The smallest absolute Gasteiger partial charge is 0.326 e. The molecule has 116 valence electrons. The number of amides is 2. The van der Waals surface area contributed by atoms with Crippen molar-refractivity contribution in [3.05, 3.63) is 28.2 Å². The van der Waals surface area contributed by atoms with Gasteiger partial charge in [0, 0.05) is 6.07 Å². The molecule has 0 radical (unpaired) electrons. The average Bonchev–Trinajstić information content (AvgIpc) is 2.40. The molecule has 1 aromatic carbocycles. The van der Waals surface area contributed by atoms with E-state index >= 15 is 0 Å².